The summed E-state index contributed by atoms with van der Waals surface area (Å²) in [5, 5.41) is 3.71. The highest BCUT2D eigenvalue weighted by Crippen LogP contribution is 2.31. The summed E-state index contributed by atoms with van der Waals surface area (Å²) < 4.78 is 0. The number of rotatable bonds is 4. The third-order valence-corrected chi connectivity index (χ3v) is 4.57. The van der Waals surface area contributed by atoms with Gasteiger partial charge >= 0.3 is 0 Å². The molecule has 19 heavy (non-hydrogen) atoms. The number of pyridine rings is 1. The number of aromatic nitrogens is 1. The van der Waals surface area contributed by atoms with Crippen molar-refractivity contribution in [3.63, 3.8) is 0 Å². The second kappa shape index (κ2) is 5.59. The van der Waals surface area contributed by atoms with Crippen LogP contribution in [0.1, 0.15) is 46.1 Å². The Morgan fingerprint density at radius 2 is 2.05 bits per heavy atom. The summed E-state index contributed by atoms with van der Waals surface area (Å²) in [6.07, 6.45) is 6.21. The largest absolute Gasteiger partial charge is 0.309 e. The van der Waals surface area contributed by atoms with Crippen LogP contribution in [0.5, 0.6) is 0 Å². The van der Waals surface area contributed by atoms with Crippen LogP contribution in [0.15, 0.2) is 24.5 Å². The molecule has 0 aliphatic carbocycles. The highest BCUT2D eigenvalue weighted by molar-refractivity contribution is 5.11. The summed E-state index contributed by atoms with van der Waals surface area (Å²) in [4.78, 5) is 6.90. The van der Waals surface area contributed by atoms with Crippen molar-refractivity contribution in [2.45, 2.75) is 58.2 Å². The lowest BCUT2D eigenvalue weighted by Gasteiger charge is -2.52. The van der Waals surface area contributed by atoms with Crippen LogP contribution in [0.4, 0.5) is 0 Å². The van der Waals surface area contributed by atoms with Gasteiger partial charge in [0.15, 0.2) is 0 Å². The van der Waals surface area contributed by atoms with E-state index in [0.717, 1.165) is 19.6 Å². The van der Waals surface area contributed by atoms with Crippen LogP contribution < -0.4 is 5.32 Å². The minimum Gasteiger partial charge on any atom is -0.309 e. The number of hydrogen-bond acceptors (Lipinski definition) is 3. The topological polar surface area (TPSA) is 28.2 Å². The molecule has 1 N–H and O–H groups in total. The number of piperazine rings is 1. The van der Waals surface area contributed by atoms with Gasteiger partial charge in [0.05, 0.1) is 0 Å². The molecule has 1 saturated heterocycles. The molecule has 1 fully saturated rings. The summed E-state index contributed by atoms with van der Waals surface area (Å²) in [6.45, 7) is 12.4. The van der Waals surface area contributed by atoms with E-state index in [0.29, 0.717) is 0 Å². The van der Waals surface area contributed by atoms with E-state index in [4.69, 9.17) is 0 Å². The maximum atomic E-state index is 4.24. The summed E-state index contributed by atoms with van der Waals surface area (Å²) in [5.74, 6) is 0. The fourth-order valence-electron chi connectivity index (χ4n) is 3.10. The van der Waals surface area contributed by atoms with Gasteiger partial charge in [0, 0.05) is 43.1 Å². The molecule has 0 bridgehead atoms. The maximum absolute atomic E-state index is 4.24. The van der Waals surface area contributed by atoms with Crippen molar-refractivity contribution in [2.75, 3.05) is 13.1 Å². The zero-order valence-corrected chi connectivity index (χ0v) is 12.7. The Morgan fingerprint density at radius 1 is 1.32 bits per heavy atom. The third-order valence-electron chi connectivity index (χ3n) is 4.57. The van der Waals surface area contributed by atoms with Crippen LogP contribution in [0.3, 0.4) is 0 Å². The molecule has 1 aliphatic rings. The van der Waals surface area contributed by atoms with Gasteiger partial charge in [-0.15, -0.1) is 0 Å². The highest BCUT2D eigenvalue weighted by Gasteiger charge is 2.41. The zero-order chi connectivity index (χ0) is 13.9. The first-order valence-electron chi connectivity index (χ1n) is 7.40. The average molecular weight is 261 g/mol. The van der Waals surface area contributed by atoms with Gasteiger partial charge in [-0.2, -0.15) is 0 Å². The van der Waals surface area contributed by atoms with Crippen LogP contribution in [0, 0.1) is 0 Å². The molecule has 106 valence electrons. The van der Waals surface area contributed by atoms with Crippen molar-refractivity contribution in [2.24, 2.45) is 0 Å². The molecular formula is C16H27N3. The van der Waals surface area contributed by atoms with Gasteiger partial charge in [-0.25, -0.2) is 0 Å². The normalized spacial score (nSPS) is 22.3. The molecule has 1 aliphatic heterocycles. The fraction of sp³-hybridized carbons (Fsp3) is 0.688. The predicted octanol–water partition coefficient (Wildman–Crippen LogP) is 2.82. The van der Waals surface area contributed by atoms with E-state index in [2.05, 4.69) is 49.0 Å². The third kappa shape index (κ3) is 3.15. The molecule has 0 unspecified atom stereocenters. The minimum absolute atomic E-state index is 0.191. The van der Waals surface area contributed by atoms with Crippen LogP contribution in [-0.2, 0) is 6.54 Å². The van der Waals surface area contributed by atoms with E-state index in [-0.39, 0.29) is 11.1 Å². The molecule has 0 aromatic carbocycles. The van der Waals surface area contributed by atoms with Crippen molar-refractivity contribution in [3.05, 3.63) is 30.1 Å². The number of nitrogens with zero attached hydrogens (tertiary/aromatic N) is 2. The maximum Gasteiger partial charge on any atom is 0.0333 e. The summed E-state index contributed by atoms with van der Waals surface area (Å²) >= 11 is 0. The van der Waals surface area contributed by atoms with Gasteiger partial charge in [-0.3, -0.25) is 9.88 Å². The standard InChI is InChI=1S/C16H27N3/c1-5-16(6-2)12-18-15(3,4)13-19(16)11-14-8-7-9-17-10-14/h7-10,18H,5-6,11-13H2,1-4H3. The molecule has 0 radical (unpaired) electrons. The Hall–Kier alpha value is -0.930. The highest BCUT2D eigenvalue weighted by atomic mass is 15.3. The van der Waals surface area contributed by atoms with Crippen LogP contribution >= 0.6 is 0 Å². The van der Waals surface area contributed by atoms with Crippen molar-refractivity contribution >= 4 is 0 Å². The second-order valence-corrected chi connectivity index (χ2v) is 6.39. The van der Waals surface area contributed by atoms with Gasteiger partial charge in [-0.1, -0.05) is 19.9 Å². The molecule has 3 heteroatoms. The molecular weight excluding hydrogens is 234 g/mol. The second-order valence-electron chi connectivity index (χ2n) is 6.39. The molecule has 0 amide bonds. The lowest BCUT2D eigenvalue weighted by molar-refractivity contribution is 0.00227. The van der Waals surface area contributed by atoms with Crippen LogP contribution in [-0.4, -0.2) is 34.1 Å². The number of hydrogen-bond donors (Lipinski definition) is 1. The van der Waals surface area contributed by atoms with E-state index in [1.165, 1.54) is 18.4 Å². The number of nitrogens with one attached hydrogen (secondary N) is 1. The SMILES string of the molecule is CCC1(CC)CNC(C)(C)CN1Cc1cccnc1. The van der Waals surface area contributed by atoms with Gasteiger partial charge in [0.1, 0.15) is 0 Å². The molecule has 1 aromatic heterocycles. The zero-order valence-electron chi connectivity index (χ0n) is 12.7. The van der Waals surface area contributed by atoms with Crippen molar-refractivity contribution in [1.29, 1.82) is 0 Å². The van der Waals surface area contributed by atoms with Gasteiger partial charge < -0.3 is 5.32 Å². The van der Waals surface area contributed by atoms with Crippen molar-refractivity contribution < 1.29 is 0 Å². The minimum atomic E-state index is 0.191. The molecule has 0 saturated carbocycles. The quantitative estimate of drug-likeness (QED) is 0.903. The Labute approximate surface area is 117 Å². The average Bonchev–Trinajstić information content (AvgIpc) is 2.40. The van der Waals surface area contributed by atoms with E-state index < -0.39 is 0 Å². The van der Waals surface area contributed by atoms with Crippen LogP contribution in [0.2, 0.25) is 0 Å². The Kier molecular flexibility index (Phi) is 4.26. The van der Waals surface area contributed by atoms with Gasteiger partial charge in [-0.05, 0) is 38.3 Å². The fourth-order valence-corrected chi connectivity index (χ4v) is 3.10. The lowest BCUT2D eigenvalue weighted by atomic mass is 9.84. The first kappa shape index (κ1) is 14.5. The summed E-state index contributed by atoms with van der Waals surface area (Å²) in [5.41, 5.74) is 1.79. The lowest BCUT2D eigenvalue weighted by Crippen LogP contribution is -2.67. The van der Waals surface area contributed by atoms with Gasteiger partial charge in [0.2, 0.25) is 0 Å². The van der Waals surface area contributed by atoms with Crippen molar-refractivity contribution in [3.8, 4) is 0 Å². The van der Waals surface area contributed by atoms with E-state index in [1.807, 2.05) is 18.5 Å². The first-order valence-corrected chi connectivity index (χ1v) is 7.40. The first-order chi connectivity index (χ1) is 9.01. The summed E-state index contributed by atoms with van der Waals surface area (Å²) in [6, 6.07) is 4.21. The van der Waals surface area contributed by atoms with Crippen molar-refractivity contribution in [1.82, 2.24) is 15.2 Å². The molecule has 0 atom stereocenters. The van der Waals surface area contributed by atoms with E-state index >= 15 is 0 Å². The molecule has 2 heterocycles. The molecule has 2 rings (SSSR count). The van der Waals surface area contributed by atoms with E-state index in [1.54, 1.807) is 0 Å². The smallest absolute Gasteiger partial charge is 0.0333 e. The molecule has 3 nitrogen and oxygen atoms in total. The monoisotopic (exact) mass is 261 g/mol. The Bertz CT molecular complexity index is 396. The predicted molar refractivity (Wildman–Crippen MR) is 80.0 cm³/mol. The molecule has 1 aromatic rings. The van der Waals surface area contributed by atoms with Crippen LogP contribution in [0.25, 0.3) is 0 Å². The van der Waals surface area contributed by atoms with E-state index in [9.17, 15) is 0 Å². The summed E-state index contributed by atoms with van der Waals surface area (Å²) in [7, 11) is 0. The Morgan fingerprint density at radius 3 is 2.63 bits per heavy atom. The molecule has 0 spiro atoms. The van der Waals surface area contributed by atoms with Gasteiger partial charge in [0.25, 0.3) is 0 Å². The Balaban J connectivity index is 2.21.